The molecule has 1 saturated heterocycles. The molecule has 1 aromatic carbocycles. The Labute approximate surface area is 154 Å². The van der Waals surface area contributed by atoms with Gasteiger partial charge in [-0.2, -0.15) is 0 Å². The molecule has 1 fully saturated rings. The summed E-state index contributed by atoms with van der Waals surface area (Å²) in [5, 5.41) is 0. The van der Waals surface area contributed by atoms with E-state index in [2.05, 4.69) is 23.3 Å². The fourth-order valence-electron chi connectivity index (χ4n) is 3.46. The maximum atomic E-state index is 13.0. The highest BCUT2D eigenvalue weighted by atomic mass is 16.5. The molecule has 3 rings (SSSR count). The van der Waals surface area contributed by atoms with E-state index < -0.39 is 0 Å². The summed E-state index contributed by atoms with van der Waals surface area (Å²) in [6.45, 7) is 10.3. The normalized spacial score (nSPS) is 18.7. The zero-order chi connectivity index (χ0) is 18.7. The van der Waals surface area contributed by atoms with Crippen molar-refractivity contribution in [2.75, 3.05) is 46.4 Å². The van der Waals surface area contributed by atoms with Gasteiger partial charge in [0, 0.05) is 32.7 Å². The van der Waals surface area contributed by atoms with Gasteiger partial charge in [0.15, 0.2) is 0 Å². The maximum Gasteiger partial charge on any atom is 0.278 e. The number of carbonyl (C=O) groups is 2. The second-order valence-electron chi connectivity index (χ2n) is 6.38. The van der Waals surface area contributed by atoms with Crippen LogP contribution in [0, 0.1) is 0 Å². The molecule has 26 heavy (non-hydrogen) atoms. The van der Waals surface area contributed by atoms with Gasteiger partial charge in [-0.1, -0.05) is 25.1 Å². The van der Waals surface area contributed by atoms with Crippen molar-refractivity contribution in [2.45, 2.75) is 6.92 Å². The molecule has 2 heterocycles. The summed E-state index contributed by atoms with van der Waals surface area (Å²) in [7, 11) is 1.60. The molecule has 0 bridgehead atoms. The molecule has 0 spiro atoms. The first-order valence-corrected chi connectivity index (χ1v) is 8.93. The van der Waals surface area contributed by atoms with Crippen molar-refractivity contribution in [1.82, 2.24) is 14.7 Å². The summed E-state index contributed by atoms with van der Waals surface area (Å²) in [4.78, 5) is 31.6. The van der Waals surface area contributed by atoms with Crippen molar-refractivity contribution < 1.29 is 14.3 Å². The lowest BCUT2D eigenvalue weighted by Gasteiger charge is -2.35. The van der Waals surface area contributed by atoms with E-state index in [9.17, 15) is 9.59 Å². The molecule has 0 aliphatic carbocycles. The van der Waals surface area contributed by atoms with Gasteiger partial charge in [0.2, 0.25) is 0 Å². The van der Waals surface area contributed by atoms with Crippen LogP contribution in [0.15, 0.2) is 42.6 Å². The molecule has 2 aliphatic heterocycles. The number of carbonyl (C=O) groups excluding carboxylic acids is 2. The van der Waals surface area contributed by atoms with Crippen LogP contribution < -0.4 is 4.74 Å². The lowest BCUT2D eigenvalue weighted by molar-refractivity contribution is -0.137. The summed E-state index contributed by atoms with van der Waals surface area (Å²) >= 11 is 0. The van der Waals surface area contributed by atoms with Gasteiger partial charge >= 0.3 is 0 Å². The zero-order valence-corrected chi connectivity index (χ0v) is 15.4. The standard InChI is InChI=1S/C20H25N3O3/c1-4-10-23-19(24)17(15-6-8-16(26-3)9-7-15)18(20(23)25)22-13-11-21(5-2)12-14-22/h4,6-9H,1,5,10-14H2,2-3H3. The fourth-order valence-corrected chi connectivity index (χ4v) is 3.46. The molecule has 0 aromatic heterocycles. The van der Waals surface area contributed by atoms with E-state index >= 15 is 0 Å². The zero-order valence-electron chi connectivity index (χ0n) is 15.4. The van der Waals surface area contributed by atoms with Gasteiger partial charge in [0.25, 0.3) is 11.8 Å². The van der Waals surface area contributed by atoms with Crippen LogP contribution in [-0.2, 0) is 9.59 Å². The fraction of sp³-hybridized carbons (Fsp3) is 0.400. The Hall–Kier alpha value is -2.60. The summed E-state index contributed by atoms with van der Waals surface area (Å²) in [5.74, 6) is 0.228. The lowest BCUT2D eigenvalue weighted by atomic mass is 10.0. The lowest BCUT2D eigenvalue weighted by Crippen LogP contribution is -2.47. The Morgan fingerprint density at radius 2 is 1.73 bits per heavy atom. The third-order valence-corrected chi connectivity index (χ3v) is 4.97. The Morgan fingerprint density at radius 1 is 1.08 bits per heavy atom. The largest absolute Gasteiger partial charge is 0.497 e. The number of piperazine rings is 1. The van der Waals surface area contributed by atoms with Gasteiger partial charge in [-0.25, -0.2) is 0 Å². The van der Waals surface area contributed by atoms with Gasteiger partial charge < -0.3 is 14.5 Å². The second-order valence-corrected chi connectivity index (χ2v) is 6.38. The topological polar surface area (TPSA) is 53.1 Å². The third-order valence-electron chi connectivity index (χ3n) is 4.97. The van der Waals surface area contributed by atoms with Crippen LogP contribution in [0.1, 0.15) is 12.5 Å². The molecule has 0 N–H and O–H groups in total. The van der Waals surface area contributed by atoms with Crippen LogP contribution in [0.5, 0.6) is 5.75 Å². The third kappa shape index (κ3) is 3.24. The van der Waals surface area contributed by atoms with Gasteiger partial charge in [0.1, 0.15) is 11.4 Å². The monoisotopic (exact) mass is 355 g/mol. The second kappa shape index (κ2) is 7.74. The number of ether oxygens (including phenoxy) is 1. The molecule has 0 radical (unpaired) electrons. The molecule has 2 aliphatic rings. The number of hydrogen-bond acceptors (Lipinski definition) is 5. The number of amides is 2. The summed E-state index contributed by atoms with van der Waals surface area (Å²) in [6, 6.07) is 7.28. The van der Waals surface area contributed by atoms with Gasteiger partial charge in [-0.15, -0.1) is 6.58 Å². The highest BCUT2D eigenvalue weighted by Crippen LogP contribution is 2.32. The smallest absolute Gasteiger partial charge is 0.278 e. The number of likely N-dealkylation sites (N-methyl/N-ethyl adjacent to an activating group) is 1. The van der Waals surface area contributed by atoms with E-state index in [4.69, 9.17) is 4.74 Å². The van der Waals surface area contributed by atoms with Gasteiger partial charge in [-0.05, 0) is 24.2 Å². The summed E-state index contributed by atoms with van der Waals surface area (Å²) in [6.07, 6.45) is 1.58. The van der Waals surface area contributed by atoms with Crippen LogP contribution in [0.4, 0.5) is 0 Å². The van der Waals surface area contributed by atoms with E-state index in [-0.39, 0.29) is 18.4 Å². The number of imide groups is 1. The maximum absolute atomic E-state index is 13.0. The number of benzene rings is 1. The SMILES string of the molecule is C=CCN1C(=O)C(c2ccc(OC)cc2)=C(N2CCN(CC)CC2)C1=O. The average molecular weight is 355 g/mol. The van der Waals surface area contributed by atoms with Gasteiger partial charge in [-0.3, -0.25) is 14.5 Å². The molecule has 2 amide bonds. The van der Waals surface area contributed by atoms with E-state index in [1.54, 1.807) is 13.2 Å². The van der Waals surface area contributed by atoms with Crippen LogP contribution in [-0.4, -0.2) is 72.9 Å². The first-order valence-electron chi connectivity index (χ1n) is 8.93. The predicted molar refractivity (Wildman–Crippen MR) is 101 cm³/mol. The number of nitrogens with zero attached hydrogens (tertiary/aromatic N) is 3. The quantitative estimate of drug-likeness (QED) is 0.573. The van der Waals surface area contributed by atoms with Crippen LogP contribution >= 0.6 is 0 Å². The Balaban J connectivity index is 1.99. The van der Waals surface area contributed by atoms with Crippen molar-refractivity contribution in [3.8, 4) is 5.75 Å². The van der Waals surface area contributed by atoms with Crippen LogP contribution in [0.3, 0.4) is 0 Å². The summed E-state index contributed by atoms with van der Waals surface area (Å²) in [5.41, 5.74) is 1.73. The molecule has 0 unspecified atom stereocenters. The predicted octanol–water partition coefficient (Wildman–Crippen LogP) is 1.60. The van der Waals surface area contributed by atoms with Crippen molar-refractivity contribution in [3.05, 3.63) is 48.2 Å². The highest BCUT2D eigenvalue weighted by Gasteiger charge is 2.41. The molecule has 138 valence electrons. The number of rotatable bonds is 6. The van der Waals surface area contributed by atoms with Crippen LogP contribution in [0.25, 0.3) is 5.57 Å². The molecule has 0 atom stereocenters. The molecule has 0 saturated carbocycles. The summed E-state index contributed by atoms with van der Waals surface area (Å²) < 4.78 is 5.20. The molecular formula is C20H25N3O3. The highest BCUT2D eigenvalue weighted by molar-refractivity contribution is 6.35. The first-order chi connectivity index (χ1) is 12.6. The van der Waals surface area contributed by atoms with Crippen molar-refractivity contribution in [3.63, 3.8) is 0 Å². The first kappa shape index (κ1) is 18.2. The van der Waals surface area contributed by atoms with Crippen molar-refractivity contribution in [2.24, 2.45) is 0 Å². The number of hydrogen-bond donors (Lipinski definition) is 0. The van der Waals surface area contributed by atoms with Crippen molar-refractivity contribution in [1.29, 1.82) is 0 Å². The number of methoxy groups -OCH3 is 1. The van der Waals surface area contributed by atoms with E-state index in [1.165, 1.54) is 4.90 Å². The van der Waals surface area contributed by atoms with E-state index in [0.717, 1.165) is 38.3 Å². The van der Waals surface area contributed by atoms with E-state index in [1.807, 2.05) is 24.3 Å². The van der Waals surface area contributed by atoms with Crippen molar-refractivity contribution >= 4 is 17.4 Å². The Kier molecular flexibility index (Phi) is 5.42. The molecule has 1 aromatic rings. The molecule has 6 heteroatoms. The Bertz CT molecular complexity index is 731. The Morgan fingerprint density at radius 3 is 2.27 bits per heavy atom. The minimum atomic E-state index is -0.256. The molecule has 6 nitrogen and oxygen atoms in total. The van der Waals surface area contributed by atoms with Gasteiger partial charge in [0.05, 0.1) is 12.7 Å². The average Bonchev–Trinajstić information content (AvgIpc) is 2.93. The van der Waals surface area contributed by atoms with Crippen LogP contribution in [0.2, 0.25) is 0 Å². The minimum Gasteiger partial charge on any atom is -0.497 e. The van der Waals surface area contributed by atoms with E-state index in [0.29, 0.717) is 17.0 Å². The minimum absolute atomic E-state index is 0.218. The molecular weight excluding hydrogens is 330 g/mol.